The van der Waals surface area contributed by atoms with Gasteiger partial charge in [0.15, 0.2) is 0 Å². The Morgan fingerprint density at radius 2 is 1.05 bits per heavy atom. The summed E-state index contributed by atoms with van der Waals surface area (Å²) in [6, 6.07) is 16.3. The van der Waals surface area contributed by atoms with E-state index in [-0.39, 0.29) is 0 Å². The van der Waals surface area contributed by atoms with E-state index >= 15 is 0 Å². The lowest BCUT2D eigenvalue weighted by Gasteiger charge is -2.16. The molecule has 0 nitrogen and oxygen atoms in total. The van der Waals surface area contributed by atoms with E-state index in [9.17, 15) is 0 Å². The zero-order chi connectivity index (χ0) is 15.9. The van der Waals surface area contributed by atoms with E-state index in [2.05, 4.69) is 38.1 Å². The van der Waals surface area contributed by atoms with Gasteiger partial charge in [0.2, 0.25) is 0 Å². The second-order valence-corrected chi connectivity index (χ2v) is 6.37. The topological polar surface area (TPSA) is 0 Å². The SMILES string of the molecule is CCCC(CCC)=C(c1ccc(Cl)cc1)c1ccc(Cl)cc1. The maximum absolute atomic E-state index is 6.05. The van der Waals surface area contributed by atoms with Gasteiger partial charge in [0.25, 0.3) is 0 Å². The predicted octanol–water partition coefficient (Wildman–Crippen LogP) is 7.40. The molecule has 0 bridgehead atoms. The van der Waals surface area contributed by atoms with Gasteiger partial charge < -0.3 is 0 Å². The highest BCUT2D eigenvalue weighted by atomic mass is 35.5. The van der Waals surface area contributed by atoms with Crippen LogP contribution in [0.25, 0.3) is 5.57 Å². The molecule has 0 spiro atoms. The van der Waals surface area contributed by atoms with Crippen molar-refractivity contribution in [2.24, 2.45) is 0 Å². The minimum Gasteiger partial charge on any atom is -0.0843 e. The lowest BCUT2D eigenvalue weighted by atomic mass is 9.89. The maximum atomic E-state index is 6.05. The van der Waals surface area contributed by atoms with Crippen LogP contribution in [0.2, 0.25) is 10.0 Å². The van der Waals surface area contributed by atoms with Gasteiger partial charge in [-0.1, -0.05) is 79.7 Å². The molecule has 0 aliphatic heterocycles. The maximum Gasteiger partial charge on any atom is 0.0406 e. The Hall–Kier alpha value is -1.24. The van der Waals surface area contributed by atoms with Crippen LogP contribution in [0.15, 0.2) is 54.1 Å². The summed E-state index contributed by atoms with van der Waals surface area (Å²) in [5.41, 5.74) is 5.29. The third-order valence-electron chi connectivity index (χ3n) is 3.72. The van der Waals surface area contributed by atoms with Crippen LogP contribution >= 0.6 is 23.2 Å². The van der Waals surface area contributed by atoms with Crippen molar-refractivity contribution >= 4 is 28.8 Å². The molecule has 0 N–H and O–H groups in total. The number of benzene rings is 2. The standard InChI is InChI=1S/C20H22Cl2/c1-3-5-15(6-4-2)20(16-7-11-18(21)12-8-16)17-9-13-19(22)14-10-17/h7-14H,3-6H2,1-2H3. The second kappa shape index (κ2) is 8.41. The van der Waals surface area contributed by atoms with E-state index in [0.717, 1.165) is 35.7 Å². The van der Waals surface area contributed by atoms with Crippen LogP contribution in [0.5, 0.6) is 0 Å². The molecular weight excluding hydrogens is 311 g/mol. The van der Waals surface area contributed by atoms with Gasteiger partial charge in [0.1, 0.15) is 0 Å². The van der Waals surface area contributed by atoms with Gasteiger partial charge in [0.05, 0.1) is 0 Å². The molecule has 0 saturated carbocycles. The highest BCUT2D eigenvalue weighted by molar-refractivity contribution is 6.31. The molecule has 22 heavy (non-hydrogen) atoms. The van der Waals surface area contributed by atoms with Gasteiger partial charge >= 0.3 is 0 Å². The van der Waals surface area contributed by atoms with Crippen molar-refractivity contribution in [3.63, 3.8) is 0 Å². The molecule has 0 fully saturated rings. The normalized spacial score (nSPS) is 10.5. The van der Waals surface area contributed by atoms with E-state index in [1.807, 2.05) is 24.3 Å². The summed E-state index contributed by atoms with van der Waals surface area (Å²) >= 11 is 12.1. The Morgan fingerprint density at radius 1 is 0.682 bits per heavy atom. The fourth-order valence-electron chi connectivity index (χ4n) is 2.79. The first kappa shape index (κ1) is 17.1. The number of halogens is 2. The van der Waals surface area contributed by atoms with Crippen molar-refractivity contribution in [3.05, 3.63) is 75.3 Å². The molecule has 0 aliphatic rings. The quantitative estimate of drug-likeness (QED) is 0.517. The average Bonchev–Trinajstić information content (AvgIpc) is 2.52. The van der Waals surface area contributed by atoms with Crippen molar-refractivity contribution in [2.75, 3.05) is 0 Å². The van der Waals surface area contributed by atoms with Crippen LogP contribution in [0.3, 0.4) is 0 Å². The van der Waals surface area contributed by atoms with Gasteiger partial charge in [-0.25, -0.2) is 0 Å². The van der Waals surface area contributed by atoms with Crippen LogP contribution in [-0.4, -0.2) is 0 Å². The summed E-state index contributed by atoms with van der Waals surface area (Å²) in [5.74, 6) is 0. The van der Waals surface area contributed by atoms with Crippen molar-refractivity contribution in [1.82, 2.24) is 0 Å². The van der Waals surface area contributed by atoms with Crippen molar-refractivity contribution < 1.29 is 0 Å². The van der Waals surface area contributed by atoms with Gasteiger partial charge in [-0.3, -0.25) is 0 Å². The molecule has 116 valence electrons. The fraction of sp³-hybridized carbons (Fsp3) is 0.300. The first-order valence-electron chi connectivity index (χ1n) is 7.89. The lowest BCUT2D eigenvalue weighted by Crippen LogP contribution is -1.96. The summed E-state index contributed by atoms with van der Waals surface area (Å²) in [5, 5.41) is 1.54. The average molecular weight is 333 g/mol. The Balaban J connectivity index is 2.59. The molecule has 2 aromatic rings. The fourth-order valence-corrected chi connectivity index (χ4v) is 3.04. The molecule has 2 heteroatoms. The third-order valence-corrected chi connectivity index (χ3v) is 4.23. The van der Waals surface area contributed by atoms with Crippen LogP contribution in [0.4, 0.5) is 0 Å². The number of hydrogen-bond donors (Lipinski definition) is 0. The Labute approximate surface area is 143 Å². The zero-order valence-corrected chi connectivity index (χ0v) is 14.7. The smallest absolute Gasteiger partial charge is 0.0406 e. The lowest BCUT2D eigenvalue weighted by molar-refractivity contribution is 0.806. The molecule has 2 aromatic carbocycles. The molecular formula is C20H22Cl2. The molecule has 0 radical (unpaired) electrons. The molecule has 0 heterocycles. The highest BCUT2D eigenvalue weighted by Crippen LogP contribution is 2.32. The number of hydrogen-bond acceptors (Lipinski definition) is 0. The molecule has 0 aromatic heterocycles. The van der Waals surface area contributed by atoms with E-state index in [1.54, 1.807) is 0 Å². The minimum atomic E-state index is 0.770. The third kappa shape index (κ3) is 4.38. The summed E-state index contributed by atoms with van der Waals surface area (Å²) in [6.45, 7) is 4.47. The summed E-state index contributed by atoms with van der Waals surface area (Å²) in [7, 11) is 0. The number of allylic oxidation sites excluding steroid dienone is 1. The number of rotatable bonds is 6. The van der Waals surface area contributed by atoms with Crippen LogP contribution in [0.1, 0.15) is 50.7 Å². The van der Waals surface area contributed by atoms with E-state index in [4.69, 9.17) is 23.2 Å². The minimum absolute atomic E-state index is 0.770. The van der Waals surface area contributed by atoms with Gasteiger partial charge in [-0.15, -0.1) is 0 Å². The van der Waals surface area contributed by atoms with Crippen molar-refractivity contribution in [2.45, 2.75) is 39.5 Å². The van der Waals surface area contributed by atoms with Crippen molar-refractivity contribution in [1.29, 1.82) is 0 Å². The highest BCUT2D eigenvalue weighted by Gasteiger charge is 2.11. The molecule has 0 unspecified atom stereocenters. The van der Waals surface area contributed by atoms with Crippen LogP contribution < -0.4 is 0 Å². The van der Waals surface area contributed by atoms with Gasteiger partial charge in [-0.2, -0.15) is 0 Å². The molecule has 0 amide bonds. The Morgan fingerprint density at radius 3 is 1.36 bits per heavy atom. The summed E-state index contributed by atoms with van der Waals surface area (Å²) in [4.78, 5) is 0. The predicted molar refractivity (Wildman–Crippen MR) is 98.7 cm³/mol. The summed E-state index contributed by atoms with van der Waals surface area (Å²) in [6.07, 6.45) is 4.54. The second-order valence-electron chi connectivity index (χ2n) is 5.49. The summed E-state index contributed by atoms with van der Waals surface area (Å²) < 4.78 is 0. The molecule has 2 rings (SSSR count). The van der Waals surface area contributed by atoms with Crippen LogP contribution in [0, 0.1) is 0 Å². The Kier molecular flexibility index (Phi) is 6.54. The molecule has 0 saturated heterocycles. The first-order chi connectivity index (χ1) is 10.7. The molecule has 0 aliphatic carbocycles. The van der Waals surface area contributed by atoms with E-state index in [0.29, 0.717) is 0 Å². The van der Waals surface area contributed by atoms with Gasteiger partial charge in [-0.05, 0) is 53.8 Å². The monoisotopic (exact) mass is 332 g/mol. The first-order valence-corrected chi connectivity index (χ1v) is 8.65. The molecule has 0 atom stereocenters. The van der Waals surface area contributed by atoms with Gasteiger partial charge in [0, 0.05) is 10.0 Å². The van der Waals surface area contributed by atoms with Crippen LogP contribution in [-0.2, 0) is 0 Å². The van der Waals surface area contributed by atoms with Crippen molar-refractivity contribution in [3.8, 4) is 0 Å². The Bertz CT molecular complexity index is 566. The van der Waals surface area contributed by atoms with E-state index in [1.165, 1.54) is 22.3 Å². The van der Waals surface area contributed by atoms with E-state index < -0.39 is 0 Å². The zero-order valence-electron chi connectivity index (χ0n) is 13.2. The largest absolute Gasteiger partial charge is 0.0843 e.